The second-order valence-electron chi connectivity index (χ2n) is 4.38. The normalized spacial score (nSPS) is 11.2. The van der Waals surface area contributed by atoms with Crippen LogP contribution in [0.3, 0.4) is 0 Å². The van der Waals surface area contributed by atoms with Crippen LogP contribution in [0, 0.1) is 0 Å². The first-order valence-electron chi connectivity index (χ1n) is 6.38. The molecule has 0 heterocycles. The van der Waals surface area contributed by atoms with Crippen LogP contribution < -0.4 is 9.88 Å². The summed E-state index contributed by atoms with van der Waals surface area (Å²) in [7, 11) is -2.70. The molecule has 21 heavy (non-hydrogen) atoms. The second-order valence-corrected chi connectivity index (χ2v) is 6.76. The van der Waals surface area contributed by atoms with Crippen LogP contribution in [0.1, 0.15) is 36.5 Å². The highest BCUT2D eigenvalue weighted by atomic mass is 79.9. The zero-order chi connectivity index (χ0) is 16.0. The first-order chi connectivity index (χ1) is 9.81. The lowest BCUT2D eigenvalue weighted by Crippen LogP contribution is -2.15. The molecule has 0 fully saturated rings. The minimum absolute atomic E-state index is 0.0556. The van der Waals surface area contributed by atoms with Gasteiger partial charge in [-0.3, -0.25) is 0 Å². The van der Waals surface area contributed by atoms with Crippen LogP contribution in [0.5, 0.6) is 5.75 Å². The number of halogens is 1. The third-order valence-corrected chi connectivity index (χ3v) is 4.24. The maximum atomic E-state index is 11.9. The van der Waals surface area contributed by atoms with E-state index < -0.39 is 16.0 Å². The lowest BCUT2D eigenvalue weighted by atomic mass is 10.2. The van der Waals surface area contributed by atoms with E-state index in [0.717, 1.165) is 25.3 Å². The number of primary sulfonamides is 1. The van der Waals surface area contributed by atoms with Gasteiger partial charge in [0, 0.05) is 0 Å². The predicted molar refractivity (Wildman–Crippen MR) is 81.9 cm³/mol. The molecule has 0 aliphatic rings. The lowest BCUT2D eigenvalue weighted by Gasteiger charge is -2.11. The lowest BCUT2D eigenvalue weighted by molar-refractivity contribution is 0.0497. The Bertz CT molecular complexity index is 615. The summed E-state index contributed by atoms with van der Waals surface area (Å²) in [6, 6.07) is 2.59. The Hall–Kier alpha value is -1.12. The highest BCUT2D eigenvalue weighted by molar-refractivity contribution is 9.10. The molecule has 0 radical (unpaired) electrons. The first-order valence-corrected chi connectivity index (χ1v) is 8.72. The molecule has 118 valence electrons. The van der Waals surface area contributed by atoms with E-state index in [9.17, 15) is 13.2 Å². The number of nitrogens with two attached hydrogens (primary N) is 1. The molecule has 0 unspecified atom stereocenters. The number of esters is 1. The molecule has 0 saturated heterocycles. The number of carbonyl (C=O) groups is 1. The van der Waals surface area contributed by atoms with Gasteiger partial charge in [0.25, 0.3) is 0 Å². The van der Waals surface area contributed by atoms with Gasteiger partial charge in [0.2, 0.25) is 10.0 Å². The molecule has 0 aliphatic carbocycles. The van der Waals surface area contributed by atoms with Crippen molar-refractivity contribution in [2.24, 2.45) is 5.14 Å². The van der Waals surface area contributed by atoms with Gasteiger partial charge in [-0.25, -0.2) is 18.4 Å². The molecule has 0 amide bonds. The minimum Gasteiger partial charge on any atom is -0.494 e. The summed E-state index contributed by atoms with van der Waals surface area (Å²) >= 11 is 3.16. The Morgan fingerprint density at radius 1 is 1.33 bits per heavy atom. The average molecular weight is 380 g/mol. The number of hydrogen-bond donors (Lipinski definition) is 1. The Morgan fingerprint density at radius 2 is 2.00 bits per heavy atom. The molecule has 0 atom stereocenters. The van der Waals surface area contributed by atoms with Crippen molar-refractivity contribution in [3.8, 4) is 5.75 Å². The van der Waals surface area contributed by atoms with Crippen molar-refractivity contribution in [1.29, 1.82) is 0 Å². The molecule has 8 heteroatoms. The Kier molecular flexibility index (Phi) is 6.63. The Morgan fingerprint density at radius 3 is 2.52 bits per heavy atom. The number of ether oxygens (including phenoxy) is 2. The molecule has 1 aromatic rings. The highest BCUT2D eigenvalue weighted by Gasteiger charge is 2.21. The molecule has 0 aliphatic heterocycles. The van der Waals surface area contributed by atoms with Gasteiger partial charge < -0.3 is 9.47 Å². The van der Waals surface area contributed by atoms with Crippen molar-refractivity contribution in [2.45, 2.75) is 31.1 Å². The average Bonchev–Trinajstić information content (AvgIpc) is 2.41. The number of methoxy groups -OCH3 is 1. The Balaban J connectivity index is 3.04. The fraction of sp³-hybridized carbons (Fsp3) is 0.462. The quantitative estimate of drug-likeness (QED) is 0.579. The van der Waals surface area contributed by atoms with Crippen LogP contribution in [0.15, 0.2) is 21.5 Å². The van der Waals surface area contributed by atoms with Crippen molar-refractivity contribution in [2.75, 3.05) is 13.7 Å². The van der Waals surface area contributed by atoms with Crippen molar-refractivity contribution in [3.63, 3.8) is 0 Å². The summed E-state index contributed by atoms with van der Waals surface area (Å²) in [6.07, 6.45) is 2.74. The van der Waals surface area contributed by atoms with E-state index in [1.54, 1.807) is 0 Å². The van der Waals surface area contributed by atoms with Crippen LogP contribution in [-0.4, -0.2) is 28.1 Å². The van der Waals surface area contributed by atoms with Crippen LogP contribution in [0.2, 0.25) is 0 Å². The van der Waals surface area contributed by atoms with E-state index >= 15 is 0 Å². The SMILES string of the molecule is CCCCCOC(=O)c1cc(Br)c(OC)c(S(N)(=O)=O)c1. The topological polar surface area (TPSA) is 95.7 Å². The van der Waals surface area contributed by atoms with Crippen molar-refractivity contribution < 1.29 is 22.7 Å². The van der Waals surface area contributed by atoms with E-state index in [0.29, 0.717) is 11.1 Å². The molecule has 0 bridgehead atoms. The maximum absolute atomic E-state index is 11.9. The van der Waals surface area contributed by atoms with Crippen molar-refractivity contribution in [1.82, 2.24) is 0 Å². The van der Waals surface area contributed by atoms with Gasteiger partial charge in [-0.05, 0) is 34.5 Å². The van der Waals surface area contributed by atoms with Gasteiger partial charge in [-0.1, -0.05) is 19.8 Å². The van der Waals surface area contributed by atoms with Crippen LogP contribution >= 0.6 is 15.9 Å². The number of benzene rings is 1. The predicted octanol–water partition coefficient (Wildman–Crippen LogP) is 2.45. The van der Waals surface area contributed by atoms with Crippen LogP contribution in [-0.2, 0) is 14.8 Å². The van der Waals surface area contributed by atoms with Crippen molar-refractivity contribution >= 4 is 31.9 Å². The van der Waals surface area contributed by atoms with Gasteiger partial charge in [-0.15, -0.1) is 0 Å². The zero-order valence-corrected chi connectivity index (χ0v) is 14.3. The Labute approximate surface area is 132 Å². The summed E-state index contributed by atoms with van der Waals surface area (Å²) in [6.45, 7) is 2.34. The summed E-state index contributed by atoms with van der Waals surface area (Å²) in [4.78, 5) is 11.7. The van der Waals surface area contributed by atoms with Crippen LogP contribution in [0.4, 0.5) is 0 Å². The van der Waals surface area contributed by atoms with Gasteiger partial charge in [0.05, 0.1) is 23.8 Å². The number of sulfonamides is 1. The molecule has 1 aromatic carbocycles. The number of rotatable bonds is 7. The van der Waals surface area contributed by atoms with Crippen LogP contribution in [0.25, 0.3) is 0 Å². The van der Waals surface area contributed by atoms with Gasteiger partial charge in [0.15, 0.2) is 5.75 Å². The molecule has 0 aromatic heterocycles. The molecular formula is C13H18BrNO5S. The first kappa shape index (κ1) is 17.9. The van der Waals surface area contributed by atoms with E-state index in [1.807, 2.05) is 6.92 Å². The molecular weight excluding hydrogens is 362 g/mol. The van der Waals surface area contributed by atoms with E-state index in [-0.39, 0.29) is 16.2 Å². The standard InChI is InChI=1S/C13H18BrNO5S/c1-3-4-5-6-20-13(16)9-7-10(14)12(19-2)11(8-9)21(15,17)18/h7-8H,3-6H2,1-2H3,(H2,15,17,18). The highest BCUT2D eigenvalue weighted by Crippen LogP contribution is 2.33. The molecule has 2 N–H and O–H groups in total. The monoisotopic (exact) mass is 379 g/mol. The summed E-state index contributed by atoms with van der Waals surface area (Å²) in [5.74, 6) is -0.542. The third-order valence-electron chi connectivity index (χ3n) is 2.74. The van der Waals surface area contributed by atoms with Crippen molar-refractivity contribution in [3.05, 3.63) is 22.2 Å². The molecule has 6 nitrogen and oxygen atoms in total. The summed E-state index contributed by atoms with van der Waals surface area (Å²) in [5, 5.41) is 5.13. The zero-order valence-electron chi connectivity index (χ0n) is 11.9. The molecule has 0 saturated carbocycles. The molecule has 1 rings (SSSR count). The van der Waals surface area contributed by atoms with E-state index in [4.69, 9.17) is 14.6 Å². The third kappa shape index (κ3) is 4.98. The number of carbonyl (C=O) groups excluding carboxylic acids is 1. The fourth-order valence-electron chi connectivity index (χ4n) is 1.70. The second kappa shape index (κ2) is 7.77. The smallest absolute Gasteiger partial charge is 0.338 e. The number of hydrogen-bond acceptors (Lipinski definition) is 5. The number of unbranched alkanes of at least 4 members (excludes halogenated alkanes) is 2. The van der Waals surface area contributed by atoms with E-state index in [1.165, 1.54) is 13.2 Å². The summed E-state index contributed by atoms with van der Waals surface area (Å²) < 4.78 is 33.5. The molecule has 0 spiro atoms. The minimum atomic E-state index is -4.02. The van der Waals surface area contributed by atoms with E-state index in [2.05, 4.69) is 15.9 Å². The maximum Gasteiger partial charge on any atom is 0.338 e. The van der Waals surface area contributed by atoms with Gasteiger partial charge in [-0.2, -0.15) is 0 Å². The fourth-order valence-corrected chi connectivity index (χ4v) is 3.19. The summed E-state index contributed by atoms with van der Waals surface area (Å²) in [5.41, 5.74) is 0.100. The van der Waals surface area contributed by atoms with Gasteiger partial charge >= 0.3 is 5.97 Å². The van der Waals surface area contributed by atoms with Gasteiger partial charge in [0.1, 0.15) is 4.90 Å². The largest absolute Gasteiger partial charge is 0.494 e.